The smallest absolute Gasteiger partial charge is 0.272 e. The molecule has 1 unspecified atom stereocenters. The first kappa shape index (κ1) is 36.5. The Bertz CT molecular complexity index is 1140. The van der Waals surface area contributed by atoms with Crippen LogP contribution in [0, 0.1) is 17.8 Å². The van der Waals surface area contributed by atoms with E-state index in [1.54, 1.807) is 6.92 Å². The second-order valence-corrected chi connectivity index (χ2v) is 12.3. The van der Waals surface area contributed by atoms with Gasteiger partial charge in [-0.25, -0.2) is 4.98 Å². The third-order valence-corrected chi connectivity index (χ3v) is 8.23. The van der Waals surface area contributed by atoms with Gasteiger partial charge in [0.1, 0.15) is 23.8 Å². The van der Waals surface area contributed by atoms with Crippen LogP contribution >= 0.6 is 0 Å². The number of ketones is 2. The van der Waals surface area contributed by atoms with E-state index in [-0.39, 0.29) is 29.9 Å². The van der Waals surface area contributed by atoms with Crippen molar-refractivity contribution in [1.82, 2.24) is 31.2 Å². The Balaban J connectivity index is 2.26. The number of carbonyl (C=O) groups excluding carboxylic acids is 6. The van der Waals surface area contributed by atoms with Gasteiger partial charge in [-0.05, 0) is 37.0 Å². The van der Waals surface area contributed by atoms with Crippen LogP contribution in [-0.2, 0) is 24.0 Å². The molecule has 0 aliphatic heterocycles. The first-order chi connectivity index (χ1) is 20.9. The molecule has 1 aliphatic rings. The maximum atomic E-state index is 13.8. The summed E-state index contributed by atoms with van der Waals surface area (Å²) in [4.78, 5) is 85.6. The first-order valence-corrected chi connectivity index (χ1v) is 15.9. The lowest BCUT2D eigenvalue weighted by molar-refractivity contribution is -0.138. The normalized spacial score (nSPS) is 17.0. The van der Waals surface area contributed by atoms with Gasteiger partial charge in [-0.2, -0.15) is 0 Å². The van der Waals surface area contributed by atoms with E-state index < -0.39 is 59.4 Å². The van der Waals surface area contributed by atoms with Gasteiger partial charge >= 0.3 is 0 Å². The second kappa shape index (κ2) is 18.2. The Kier molecular flexibility index (Phi) is 15.1. The topological polar surface area (TPSA) is 176 Å². The number of aromatic nitrogens is 2. The highest BCUT2D eigenvalue weighted by molar-refractivity contribution is 6.38. The van der Waals surface area contributed by atoms with Crippen molar-refractivity contribution in [1.29, 1.82) is 0 Å². The molecule has 0 aromatic carbocycles. The van der Waals surface area contributed by atoms with Gasteiger partial charge in [0.05, 0.1) is 12.2 Å². The van der Waals surface area contributed by atoms with Crippen LogP contribution in [0.1, 0.15) is 110 Å². The number of carbonyl (C=O) groups is 6. The lowest BCUT2D eigenvalue weighted by Gasteiger charge is -2.31. The zero-order chi connectivity index (χ0) is 32.8. The Morgan fingerprint density at radius 3 is 1.98 bits per heavy atom. The predicted octanol–water partition coefficient (Wildman–Crippen LogP) is 2.66. The molecule has 2 rings (SSSR count). The van der Waals surface area contributed by atoms with Crippen molar-refractivity contribution in [2.24, 2.45) is 17.8 Å². The number of nitrogens with zero attached hydrogens (tertiary/aromatic N) is 2. The lowest BCUT2D eigenvalue weighted by Crippen LogP contribution is -2.59. The molecule has 5 atom stereocenters. The highest BCUT2D eigenvalue weighted by Gasteiger charge is 2.35. The van der Waals surface area contributed by atoms with Crippen LogP contribution in [0.2, 0.25) is 0 Å². The molecule has 1 saturated carbocycles. The van der Waals surface area contributed by atoms with Gasteiger partial charge in [0.15, 0.2) is 5.78 Å². The van der Waals surface area contributed by atoms with Crippen molar-refractivity contribution < 1.29 is 28.8 Å². The van der Waals surface area contributed by atoms with E-state index in [0.717, 1.165) is 32.1 Å². The van der Waals surface area contributed by atoms with Crippen LogP contribution in [0.4, 0.5) is 0 Å². The van der Waals surface area contributed by atoms with Crippen LogP contribution in [0.25, 0.3) is 0 Å². The molecule has 1 aliphatic carbocycles. The molecule has 1 aromatic rings. The van der Waals surface area contributed by atoms with Crippen molar-refractivity contribution >= 4 is 35.2 Å². The van der Waals surface area contributed by atoms with Gasteiger partial charge in [0, 0.05) is 19.3 Å². The predicted molar refractivity (Wildman–Crippen MR) is 165 cm³/mol. The molecular formula is C32H50N6O6. The molecule has 4 N–H and O–H groups in total. The Hall–Kier alpha value is -3.70. The monoisotopic (exact) mass is 614 g/mol. The Labute approximate surface area is 260 Å². The number of nitrogens with one attached hydrogen (secondary N) is 4. The number of rotatable bonds is 17. The molecule has 0 saturated heterocycles. The van der Waals surface area contributed by atoms with Gasteiger partial charge in [0.2, 0.25) is 23.5 Å². The van der Waals surface area contributed by atoms with Crippen LogP contribution in [0.5, 0.6) is 0 Å². The standard InChI is InChI=1S/C32H50N6O6/c1-7-20(5)27(38-30(42)24(16-19(3)4)36-31(43)26-18-33-14-15-34-26)32(44)37-25(17-22-12-10-9-11-13-22)29(41)35-23(8-2)28(40)21(6)39/h14-15,18-20,22-25,27H,7-13,16-17H2,1-6H3,(H,35,41)(H,36,43)(H,37,44)(H,38,42)/t20?,23-,24-,25-,27-/m0/s1. The van der Waals surface area contributed by atoms with Crippen molar-refractivity contribution in [2.45, 2.75) is 123 Å². The van der Waals surface area contributed by atoms with Gasteiger partial charge in [-0.1, -0.05) is 73.1 Å². The Morgan fingerprint density at radius 1 is 0.795 bits per heavy atom. The number of hydrogen-bond donors (Lipinski definition) is 4. The minimum absolute atomic E-state index is 0.0524. The number of Topliss-reactive ketones (excluding diaryl/α,β-unsaturated/α-hetero) is 2. The van der Waals surface area contributed by atoms with Gasteiger partial charge in [-0.3, -0.25) is 33.8 Å². The molecule has 0 spiro atoms. The average Bonchev–Trinajstić information content (AvgIpc) is 3.01. The molecule has 4 amide bonds. The molecule has 12 nitrogen and oxygen atoms in total. The summed E-state index contributed by atoms with van der Waals surface area (Å²) in [7, 11) is 0. The van der Waals surface area contributed by atoms with Crippen molar-refractivity contribution in [3.63, 3.8) is 0 Å². The van der Waals surface area contributed by atoms with Crippen LogP contribution in [0.3, 0.4) is 0 Å². The molecule has 1 heterocycles. The highest BCUT2D eigenvalue weighted by atomic mass is 16.2. The minimum Gasteiger partial charge on any atom is -0.344 e. The molecule has 12 heteroatoms. The van der Waals surface area contributed by atoms with E-state index >= 15 is 0 Å². The van der Waals surface area contributed by atoms with E-state index in [2.05, 4.69) is 31.2 Å². The van der Waals surface area contributed by atoms with Crippen LogP contribution < -0.4 is 21.3 Å². The first-order valence-electron chi connectivity index (χ1n) is 15.9. The van der Waals surface area contributed by atoms with Crippen LogP contribution in [-0.4, -0.2) is 69.3 Å². The van der Waals surface area contributed by atoms with Crippen molar-refractivity contribution in [3.05, 3.63) is 24.3 Å². The number of hydrogen-bond acceptors (Lipinski definition) is 8. The summed E-state index contributed by atoms with van der Waals surface area (Å²) in [6, 6.07) is -3.86. The maximum absolute atomic E-state index is 13.8. The molecule has 1 fully saturated rings. The van der Waals surface area contributed by atoms with Gasteiger partial charge in [0.25, 0.3) is 5.91 Å². The molecule has 1 aromatic heterocycles. The summed E-state index contributed by atoms with van der Waals surface area (Å²) in [5.41, 5.74) is 0.0653. The lowest BCUT2D eigenvalue weighted by atomic mass is 9.84. The zero-order valence-corrected chi connectivity index (χ0v) is 27.0. The third kappa shape index (κ3) is 11.4. The fraction of sp³-hybridized carbons (Fsp3) is 0.688. The maximum Gasteiger partial charge on any atom is 0.272 e. The highest BCUT2D eigenvalue weighted by Crippen LogP contribution is 2.27. The van der Waals surface area contributed by atoms with Gasteiger partial charge in [-0.15, -0.1) is 0 Å². The summed E-state index contributed by atoms with van der Waals surface area (Å²) in [6.45, 7) is 10.4. The summed E-state index contributed by atoms with van der Waals surface area (Å²) >= 11 is 0. The largest absolute Gasteiger partial charge is 0.344 e. The van der Waals surface area contributed by atoms with Gasteiger partial charge < -0.3 is 21.3 Å². The van der Waals surface area contributed by atoms with Crippen LogP contribution in [0.15, 0.2) is 18.6 Å². The fourth-order valence-electron chi connectivity index (χ4n) is 5.43. The summed E-state index contributed by atoms with van der Waals surface area (Å²) in [5, 5.41) is 11.1. The van der Waals surface area contributed by atoms with E-state index in [1.165, 1.54) is 25.5 Å². The quantitative estimate of drug-likeness (QED) is 0.194. The third-order valence-electron chi connectivity index (χ3n) is 8.23. The molecule has 0 radical (unpaired) electrons. The zero-order valence-electron chi connectivity index (χ0n) is 27.0. The number of amides is 4. The molecule has 244 valence electrons. The second-order valence-electron chi connectivity index (χ2n) is 12.3. The molecule has 44 heavy (non-hydrogen) atoms. The van der Waals surface area contributed by atoms with Crippen molar-refractivity contribution in [3.8, 4) is 0 Å². The van der Waals surface area contributed by atoms with Crippen molar-refractivity contribution in [2.75, 3.05) is 0 Å². The summed E-state index contributed by atoms with van der Waals surface area (Å²) < 4.78 is 0. The van der Waals surface area contributed by atoms with E-state index in [1.807, 2.05) is 27.7 Å². The summed E-state index contributed by atoms with van der Waals surface area (Å²) in [5.74, 6) is -3.51. The minimum atomic E-state index is -0.988. The van der Waals surface area contributed by atoms with E-state index in [9.17, 15) is 28.8 Å². The molecule has 0 bridgehead atoms. The van der Waals surface area contributed by atoms with E-state index in [0.29, 0.717) is 19.3 Å². The fourth-order valence-corrected chi connectivity index (χ4v) is 5.43. The molecular weight excluding hydrogens is 564 g/mol. The van der Waals surface area contributed by atoms with E-state index in [4.69, 9.17) is 0 Å². The SMILES string of the molecule is CCC(C)[C@H](NC(=O)[C@H](CC(C)C)NC(=O)c1cnccn1)C(=O)N[C@@H](CC1CCCCC1)C(=O)N[C@@H](CC)C(=O)C(C)=O. The summed E-state index contributed by atoms with van der Waals surface area (Å²) in [6.07, 6.45) is 10.7. The Morgan fingerprint density at radius 2 is 1.43 bits per heavy atom. The average molecular weight is 615 g/mol.